The van der Waals surface area contributed by atoms with Crippen LogP contribution in [0.5, 0.6) is 0 Å². The first-order valence-electron chi connectivity index (χ1n) is 12.6. The van der Waals surface area contributed by atoms with Crippen molar-refractivity contribution in [3.05, 3.63) is 45.9 Å². The lowest BCUT2D eigenvalue weighted by atomic mass is 10.0. The molecule has 0 radical (unpaired) electrons. The fourth-order valence-electron chi connectivity index (χ4n) is 5.59. The lowest BCUT2D eigenvalue weighted by Crippen LogP contribution is -2.43. The fourth-order valence-corrected chi connectivity index (χ4v) is 5.59. The number of imidazole rings is 1. The standard InChI is InChI=1S/C26H30N8O2/c1-15-19-14-28-25(31-23(19)34(17-5-3-4-6-17)24(36)22(15)16(2)35)32-26-29-20-8-7-18(13-21(20)30-26)33-11-9-27-10-12-33/h7-8,13-14,17,27H,3-6,9-12H2,1-2H3,(H2,28,29,30,31,32). The Labute approximate surface area is 208 Å². The van der Waals surface area contributed by atoms with E-state index < -0.39 is 0 Å². The van der Waals surface area contributed by atoms with E-state index in [9.17, 15) is 9.59 Å². The number of ketones is 1. The molecule has 4 heterocycles. The average molecular weight is 487 g/mol. The zero-order valence-corrected chi connectivity index (χ0v) is 20.6. The second kappa shape index (κ2) is 9.02. The Balaban J connectivity index is 1.38. The third-order valence-electron chi connectivity index (χ3n) is 7.43. The molecule has 10 heteroatoms. The highest BCUT2D eigenvalue weighted by Crippen LogP contribution is 2.32. The summed E-state index contributed by atoms with van der Waals surface area (Å²) in [6.07, 6.45) is 5.63. The normalized spacial score (nSPS) is 16.8. The van der Waals surface area contributed by atoms with Crippen LogP contribution >= 0.6 is 0 Å². The molecule has 1 aliphatic carbocycles. The number of nitrogens with zero attached hydrogens (tertiary/aromatic N) is 5. The highest BCUT2D eigenvalue weighted by atomic mass is 16.1. The smallest absolute Gasteiger partial charge is 0.263 e. The van der Waals surface area contributed by atoms with E-state index in [1.165, 1.54) is 6.92 Å². The van der Waals surface area contributed by atoms with Gasteiger partial charge in [0.05, 0.1) is 16.6 Å². The summed E-state index contributed by atoms with van der Waals surface area (Å²) in [5.41, 5.74) is 4.10. The highest BCUT2D eigenvalue weighted by molar-refractivity contribution is 5.99. The summed E-state index contributed by atoms with van der Waals surface area (Å²) in [4.78, 5) is 45.4. The third-order valence-corrected chi connectivity index (χ3v) is 7.43. The van der Waals surface area contributed by atoms with Crippen molar-refractivity contribution in [2.75, 3.05) is 36.4 Å². The molecule has 36 heavy (non-hydrogen) atoms. The summed E-state index contributed by atoms with van der Waals surface area (Å²) in [6, 6.07) is 6.28. The molecule has 3 aromatic heterocycles. The van der Waals surface area contributed by atoms with Gasteiger partial charge in [0.2, 0.25) is 11.9 Å². The van der Waals surface area contributed by atoms with Gasteiger partial charge in [0.1, 0.15) is 5.65 Å². The zero-order valence-electron chi connectivity index (χ0n) is 20.6. The number of aryl methyl sites for hydroxylation is 1. The molecule has 186 valence electrons. The number of H-pyrrole nitrogens is 1. The van der Waals surface area contributed by atoms with Crippen molar-refractivity contribution in [2.45, 2.75) is 45.6 Å². The molecule has 10 nitrogen and oxygen atoms in total. The van der Waals surface area contributed by atoms with Gasteiger partial charge in [-0.15, -0.1) is 0 Å². The van der Waals surface area contributed by atoms with E-state index in [2.05, 4.69) is 37.6 Å². The van der Waals surface area contributed by atoms with Gasteiger partial charge in [0.15, 0.2) is 5.78 Å². The van der Waals surface area contributed by atoms with E-state index in [4.69, 9.17) is 9.97 Å². The van der Waals surface area contributed by atoms with Gasteiger partial charge in [0, 0.05) is 49.5 Å². The van der Waals surface area contributed by atoms with E-state index >= 15 is 0 Å². The number of carbonyl (C=O) groups excluding carboxylic acids is 1. The maximum absolute atomic E-state index is 13.4. The minimum absolute atomic E-state index is 0.0380. The lowest BCUT2D eigenvalue weighted by molar-refractivity contribution is 0.101. The predicted octanol–water partition coefficient (Wildman–Crippen LogP) is 3.45. The van der Waals surface area contributed by atoms with Crippen molar-refractivity contribution in [3.63, 3.8) is 0 Å². The highest BCUT2D eigenvalue weighted by Gasteiger charge is 2.26. The minimum Gasteiger partial charge on any atom is -0.369 e. The predicted molar refractivity (Wildman–Crippen MR) is 141 cm³/mol. The molecule has 0 atom stereocenters. The summed E-state index contributed by atoms with van der Waals surface area (Å²) < 4.78 is 1.72. The average Bonchev–Trinajstić information content (AvgIpc) is 3.54. The maximum Gasteiger partial charge on any atom is 0.263 e. The number of Topliss-reactive ketones (excluding diaryl/α,β-unsaturated/α-hetero) is 1. The fraction of sp³-hybridized carbons (Fsp3) is 0.423. The van der Waals surface area contributed by atoms with E-state index in [0.717, 1.165) is 74.0 Å². The summed E-state index contributed by atoms with van der Waals surface area (Å²) in [5.74, 6) is 0.662. The van der Waals surface area contributed by atoms with Crippen molar-refractivity contribution < 1.29 is 4.79 Å². The van der Waals surface area contributed by atoms with Gasteiger partial charge in [-0.2, -0.15) is 4.98 Å². The number of anilines is 3. The summed E-state index contributed by atoms with van der Waals surface area (Å²) in [6.45, 7) is 7.14. The maximum atomic E-state index is 13.4. The topological polar surface area (TPSA) is 121 Å². The number of carbonyl (C=O) groups is 1. The lowest BCUT2D eigenvalue weighted by Gasteiger charge is -2.29. The number of piperazine rings is 1. The molecular formula is C26H30N8O2. The van der Waals surface area contributed by atoms with Crippen LogP contribution in [0, 0.1) is 6.92 Å². The summed E-state index contributed by atoms with van der Waals surface area (Å²) in [5, 5.41) is 7.29. The van der Waals surface area contributed by atoms with Crippen LogP contribution in [0.4, 0.5) is 17.6 Å². The first-order chi connectivity index (χ1) is 17.5. The number of aromatic amines is 1. The van der Waals surface area contributed by atoms with Gasteiger partial charge < -0.3 is 15.2 Å². The Morgan fingerprint density at radius 2 is 1.92 bits per heavy atom. The number of aromatic nitrogens is 5. The van der Waals surface area contributed by atoms with Crippen LogP contribution in [0.25, 0.3) is 22.1 Å². The quantitative estimate of drug-likeness (QED) is 0.367. The molecule has 2 fully saturated rings. The Morgan fingerprint density at radius 3 is 2.67 bits per heavy atom. The first kappa shape index (κ1) is 22.7. The molecule has 1 aliphatic heterocycles. The van der Waals surface area contributed by atoms with Crippen LogP contribution in [-0.2, 0) is 0 Å². The second-order valence-corrected chi connectivity index (χ2v) is 9.75. The van der Waals surface area contributed by atoms with Crippen LogP contribution in [-0.4, -0.2) is 56.5 Å². The van der Waals surface area contributed by atoms with Crippen molar-refractivity contribution >= 4 is 45.4 Å². The van der Waals surface area contributed by atoms with Gasteiger partial charge in [-0.3, -0.25) is 19.5 Å². The largest absolute Gasteiger partial charge is 0.369 e. The number of benzene rings is 1. The van der Waals surface area contributed by atoms with E-state index in [1.807, 2.05) is 6.07 Å². The van der Waals surface area contributed by atoms with Crippen LogP contribution < -0.4 is 21.1 Å². The number of nitrogens with one attached hydrogen (secondary N) is 3. The van der Waals surface area contributed by atoms with Crippen molar-refractivity contribution in [3.8, 4) is 0 Å². The van der Waals surface area contributed by atoms with Crippen molar-refractivity contribution in [1.82, 2.24) is 29.8 Å². The molecule has 0 bridgehead atoms. The number of hydrogen-bond acceptors (Lipinski definition) is 8. The minimum atomic E-state index is -0.256. The first-order valence-corrected chi connectivity index (χ1v) is 12.6. The number of pyridine rings is 1. The van der Waals surface area contributed by atoms with Gasteiger partial charge in [-0.1, -0.05) is 12.8 Å². The zero-order chi connectivity index (χ0) is 24.8. The molecule has 6 rings (SSSR count). The number of fused-ring (bicyclic) bond motifs is 2. The van der Waals surface area contributed by atoms with Crippen LogP contribution in [0.1, 0.15) is 54.6 Å². The molecular weight excluding hydrogens is 456 g/mol. The molecule has 1 aromatic carbocycles. The Morgan fingerprint density at radius 1 is 1.14 bits per heavy atom. The number of hydrogen-bond donors (Lipinski definition) is 3. The van der Waals surface area contributed by atoms with Gasteiger partial charge >= 0.3 is 0 Å². The van der Waals surface area contributed by atoms with Crippen LogP contribution in [0.15, 0.2) is 29.2 Å². The molecule has 2 aliphatic rings. The molecule has 3 N–H and O–H groups in total. The van der Waals surface area contributed by atoms with Gasteiger partial charge in [0.25, 0.3) is 5.56 Å². The Hall–Kier alpha value is -3.79. The molecule has 0 spiro atoms. The Kier molecular flexibility index (Phi) is 5.67. The van der Waals surface area contributed by atoms with Crippen molar-refractivity contribution in [1.29, 1.82) is 0 Å². The summed E-state index contributed by atoms with van der Waals surface area (Å²) >= 11 is 0. The van der Waals surface area contributed by atoms with E-state index in [1.54, 1.807) is 17.7 Å². The van der Waals surface area contributed by atoms with Gasteiger partial charge in [-0.05, 0) is 50.5 Å². The van der Waals surface area contributed by atoms with Crippen molar-refractivity contribution in [2.24, 2.45) is 0 Å². The SMILES string of the molecule is CC(=O)c1c(C)c2cnc(Nc3nc4cc(N5CCNCC5)ccc4[nH]3)nc2n(C2CCCC2)c1=O. The van der Waals surface area contributed by atoms with E-state index in [-0.39, 0.29) is 22.9 Å². The molecule has 1 saturated heterocycles. The summed E-state index contributed by atoms with van der Waals surface area (Å²) in [7, 11) is 0. The third kappa shape index (κ3) is 3.91. The van der Waals surface area contributed by atoms with E-state index in [0.29, 0.717) is 23.1 Å². The molecule has 0 amide bonds. The Bertz CT molecular complexity index is 1530. The van der Waals surface area contributed by atoms with Crippen LogP contribution in [0.2, 0.25) is 0 Å². The van der Waals surface area contributed by atoms with Gasteiger partial charge in [-0.25, -0.2) is 9.97 Å². The number of rotatable bonds is 5. The molecule has 1 saturated carbocycles. The van der Waals surface area contributed by atoms with Crippen LogP contribution in [0.3, 0.4) is 0 Å². The molecule has 4 aromatic rings. The second-order valence-electron chi connectivity index (χ2n) is 9.75. The molecule has 0 unspecified atom stereocenters. The monoisotopic (exact) mass is 486 g/mol.